The summed E-state index contributed by atoms with van der Waals surface area (Å²) >= 11 is 0. The van der Waals surface area contributed by atoms with Crippen LogP contribution in [0.2, 0.25) is 0 Å². The predicted molar refractivity (Wildman–Crippen MR) is 153 cm³/mol. The lowest BCUT2D eigenvalue weighted by molar-refractivity contribution is 0.0954. The summed E-state index contributed by atoms with van der Waals surface area (Å²) in [5, 5.41) is 3.29. The fraction of sp³-hybridized carbons (Fsp3) is 0.156. The van der Waals surface area contributed by atoms with Gasteiger partial charge in [0, 0.05) is 12.1 Å². The second-order valence-electron chi connectivity index (χ2n) is 9.42. The molecule has 1 amide bonds. The van der Waals surface area contributed by atoms with Crippen LogP contribution >= 0.6 is 0 Å². The maximum Gasteiger partial charge on any atom is 0.336 e. The molecule has 0 spiro atoms. The fourth-order valence-electron chi connectivity index (χ4n) is 4.56. The van der Waals surface area contributed by atoms with Crippen LogP contribution in [-0.2, 0) is 13.0 Å². The van der Waals surface area contributed by atoms with E-state index < -0.39 is 11.2 Å². The van der Waals surface area contributed by atoms with Gasteiger partial charge in [0.1, 0.15) is 5.75 Å². The summed E-state index contributed by atoms with van der Waals surface area (Å²) in [6.07, 6.45) is 0.699. The van der Waals surface area contributed by atoms with Gasteiger partial charge in [0.05, 0.1) is 30.2 Å². The summed E-state index contributed by atoms with van der Waals surface area (Å²) in [5.41, 5.74) is 3.43. The topological polar surface area (TPSA) is 82.3 Å². The molecule has 0 fully saturated rings. The Hall–Kier alpha value is -4.91. The number of benzene rings is 4. The van der Waals surface area contributed by atoms with E-state index in [4.69, 9.17) is 4.74 Å². The van der Waals surface area contributed by atoms with Crippen LogP contribution in [0, 0.1) is 6.92 Å². The van der Waals surface area contributed by atoms with Crippen molar-refractivity contribution in [2.24, 2.45) is 0 Å². The van der Waals surface area contributed by atoms with Gasteiger partial charge in [0.15, 0.2) is 0 Å². The lowest BCUT2D eigenvalue weighted by atomic mass is 10.1. The first-order valence-electron chi connectivity index (χ1n) is 12.8. The Kier molecular flexibility index (Phi) is 7.41. The Labute approximate surface area is 225 Å². The molecule has 7 heteroatoms. The molecular weight excluding hydrogens is 490 g/mol. The molecule has 4 aromatic carbocycles. The van der Waals surface area contributed by atoms with Crippen molar-refractivity contribution < 1.29 is 9.53 Å². The average Bonchev–Trinajstić information content (AvgIpc) is 2.97. The van der Waals surface area contributed by atoms with Crippen molar-refractivity contribution in [3.63, 3.8) is 0 Å². The number of nitrogens with one attached hydrogen (secondary N) is 1. The van der Waals surface area contributed by atoms with Crippen molar-refractivity contribution >= 4 is 16.8 Å². The third kappa shape index (κ3) is 5.52. The molecule has 7 nitrogen and oxygen atoms in total. The summed E-state index contributed by atoms with van der Waals surface area (Å²) in [6, 6.07) is 29.4. The van der Waals surface area contributed by atoms with Crippen molar-refractivity contribution in [1.29, 1.82) is 0 Å². The quantitative estimate of drug-likeness (QED) is 0.328. The van der Waals surface area contributed by atoms with Crippen molar-refractivity contribution in [3.8, 4) is 11.4 Å². The van der Waals surface area contributed by atoms with Crippen LogP contribution in [0.3, 0.4) is 0 Å². The lowest BCUT2D eigenvalue weighted by Crippen LogP contribution is -2.39. The Bertz CT molecular complexity index is 1740. The number of hydrogen-bond donors (Lipinski definition) is 1. The molecule has 0 unspecified atom stereocenters. The summed E-state index contributed by atoms with van der Waals surface area (Å²) in [4.78, 5) is 40.4. The number of aromatic nitrogens is 2. The average molecular weight is 520 g/mol. The van der Waals surface area contributed by atoms with E-state index in [1.807, 2.05) is 61.5 Å². The molecule has 1 heterocycles. The second-order valence-corrected chi connectivity index (χ2v) is 9.42. The van der Waals surface area contributed by atoms with Crippen molar-refractivity contribution in [3.05, 3.63) is 140 Å². The second kappa shape index (κ2) is 11.2. The molecule has 0 bridgehead atoms. The van der Waals surface area contributed by atoms with Gasteiger partial charge >= 0.3 is 5.69 Å². The summed E-state index contributed by atoms with van der Waals surface area (Å²) in [6.45, 7) is 2.71. The molecule has 0 aliphatic heterocycles. The smallest absolute Gasteiger partial charge is 0.336 e. The van der Waals surface area contributed by atoms with Crippen molar-refractivity contribution in [1.82, 2.24) is 14.5 Å². The Balaban J connectivity index is 1.57. The van der Waals surface area contributed by atoms with Gasteiger partial charge < -0.3 is 10.1 Å². The van der Waals surface area contributed by atoms with Gasteiger partial charge in [-0.2, -0.15) is 0 Å². The van der Waals surface area contributed by atoms with Crippen molar-refractivity contribution in [2.45, 2.75) is 19.9 Å². The zero-order chi connectivity index (χ0) is 27.4. The van der Waals surface area contributed by atoms with E-state index >= 15 is 0 Å². The lowest BCUT2D eigenvalue weighted by Gasteiger charge is -2.16. The monoisotopic (exact) mass is 519 g/mol. The normalized spacial score (nSPS) is 10.9. The zero-order valence-corrected chi connectivity index (χ0v) is 21.9. The number of carbonyl (C=O) groups excluding carboxylic acids is 1. The van der Waals surface area contributed by atoms with E-state index in [0.29, 0.717) is 40.9 Å². The number of carbonyl (C=O) groups is 1. The Morgan fingerprint density at radius 2 is 1.56 bits per heavy atom. The SMILES string of the molecule is COc1ccc(-n2c(=O)c3ccc(C(=O)NCCc4ccccc4)cc3n(Cc3ccc(C)cc3)c2=O)cc1. The Morgan fingerprint density at radius 3 is 2.26 bits per heavy atom. The molecule has 39 heavy (non-hydrogen) atoms. The van der Waals surface area contributed by atoms with Crippen LogP contribution in [0.1, 0.15) is 27.0 Å². The number of fused-ring (bicyclic) bond motifs is 1. The fourth-order valence-corrected chi connectivity index (χ4v) is 4.56. The van der Waals surface area contributed by atoms with Crippen molar-refractivity contribution in [2.75, 3.05) is 13.7 Å². The van der Waals surface area contributed by atoms with Crippen LogP contribution in [0.15, 0.2) is 107 Å². The highest BCUT2D eigenvalue weighted by Crippen LogP contribution is 2.17. The minimum Gasteiger partial charge on any atom is -0.497 e. The van der Waals surface area contributed by atoms with E-state index in [9.17, 15) is 14.4 Å². The van der Waals surface area contributed by atoms with Gasteiger partial charge in [-0.05, 0) is 66.9 Å². The van der Waals surface area contributed by atoms with E-state index in [1.54, 1.807) is 54.1 Å². The highest BCUT2D eigenvalue weighted by molar-refractivity contribution is 5.97. The van der Waals surface area contributed by atoms with Gasteiger partial charge in [-0.25, -0.2) is 9.36 Å². The molecular formula is C32H29N3O4. The van der Waals surface area contributed by atoms with E-state index in [1.165, 1.54) is 0 Å². The molecule has 5 aromatic rings. The number of rotatable bonds is 8. The van der Waals surface area contributed by atoms with Gasteiger partial charge in [-0.15, -0.1) is 0 Å². The molecule has 1 N–H and O–H groups in total. The molecule has 0 atom stereocenters. The molecule has 0 saturated heterocycles. The first-order valence-corrected chi connectivity index (χ1v) is 12.8. The summed E-state index contributed by atoms with van der Waals surface area (Å²) in [5.74, 6) is 0.358. The molecule has 0 saturated carbocycles. The molecule has 196 valence electrons. The molecule has 0 radical (unpaired) electrons. The standard InChI is InChI=1S/C32H29N3O4/c1-22-8-10-24(11-9-22)21-34-29-20-25(30(36)33-19-18-23-6-4-3-5-7-23)12-17-28(29)31(37)35(32(34)38)26-13-15-27(39-2)16-14-26/h3-17,20H,18-19,21H2,1-2H3,(H,33,36). The summed E-state index contributed by atoms with van der Waals surface area (Å²) < 4.78 is 7.94. The third-order valence-corrected chi connectivity index (χ3v) is 6.74. The van der Waals surface area contributed by atoms with Crippen LogP contribution < -0.4 is 21.3 Å². The van der Waals surface area contributed by atoms with Gasteiger partial charge in [-0.1, -0.05) is 60.2 Å². The van der Waals surface area contributed by atoms with Crippen LogP contribution in [0.4, 0.5) is 0 Å². The predicted octanol–water partition coefficient (Wildman–Crippen LogP) is 4.49. The number of nitrogens with zero attached hydrogens (tertiary/aromatic N) is 2. The van der Waals surface area contributed by atoms with Crippen LogP contribution in [0.25, 0.3) is 16.6 Å². The molecule has 5 rings (SSSR count). The first kappa shape index (κ1) is 25.7. The van der Waals surface area contributed by atoms with Crippen LogP contribution in [-0.4, -0.2) is 28.7 Å². The minimum atomic E-state index is -0.486. The third-order valence-electron chi connectivity index (χ3n) is 6.74. The van der Waals surface area contributed by atoms with E-state index in [2.05, 4.69) is 5.32 Å². The van der Waals surface area contributed by atoms with E-state index in [0.717, 1.165) is 21.3 Å². The molecule has 1 aromatic heterocycles. The molecule has 0 aliphatic rings. The number of hydrogen-bond acceptors (Lipinski definition) is 4. The molecule has 0 aliphatic carbocycles. The zero-order valence-electron chi connectivity index (χ0n) is 21.9. The van der Waals surface area contributed by atoms with Gasteiger partial charge in [0.25, 0.3) is 11.5 Å². The maximum absolute atomic E-state index is 13.8. The summed E-state index contributed by atoms with van der Waals surface area (Å²) in [7, 11) is 1.56. The highest BCUT2D eigenvalue weighted by Gasteiger charge is 2.17. The highest BCUT2D eigenvalue weighted by atomic mass is 16.5. The number of methoxy groups -OCH3 is 1. The number of aryl methyl sites for hydroxylation is 1. The first-order chi connectivity index (χ1) is 18.9. The van der Waals surface area contributed by atoms with Crippen LogP contribution in [0.5, 0.6) is 5.75 Å². The number of amides is 1. The maximum atomic E-state index is 13.8. The minimum absolute atomic E-state index is 0.241. The largest absolute Gasteiger partial charge is 0.497 e. The Morgan fingerprint density at radius 1 is 0.846 bits per heavy atom. The number of ether oxygens (including phenoxy) is 1. The van der Waals surface area contributed by atoms with E-state index in [-0.39, 0.29) is 12.5 Å². The van der Waals surface area contributed by atoms with Gasteiger partial charge in [0.2, 0.25) is 0 Å². The van der Waals surface area contributed by atoms with Gasteiger partial charge in [-0.3, -0.25) is 14.2 Å².